The van der Waals surface area contributed by atoms with Gasteiger partial charge in [-0.2, -0.15) is 0 Å². The van der Waals surface area contributed by atoms with Gasteiger partial charge < -0.3 is 24.0 Å². The van der Waals surface area contributed by atoms with E-state index in [0.717, 1.165) is 6.54 Å². The van der Waals surface area contributed by atoms with Gasteiger partial charge in [-0.25, -0.2) is 4.57 Å². The van der Waals surface area contributed by atoms with Gasteiger partial charge in [0.05, 0.1) is 0 Å². The van der Waals surface area contributed by atoms with Crippen LogP contribution in [-0.2, 0) is 6.54 Å². The fraction of sp³-hybridized carbons (Fsp3) is 0.375. The Labute approximate surface area is 79.1 Å². The van der Waals surface area contributed by atoms with Crippen LogP contribution < -0.4 is 28.5 Å². The van der Waals surface area contributed by atoms with Crippen molar-refractivity contribution in [1.29, 1.82) is 0 Å². The highest BCUT2D eigenvalue weighted by atomic mass is 127. The summed E-state index contributed by atoms with van der Waals surface area (Å²) in [7, 11) is 0. The first-order valence-electron chi connectivity index (χ1n) is 3.37. The summed E-state index contributed by atoms with van der Waals surface area (Å²) in [5.74, 6) is 0. The molecule has 0 fully saturated rings. The van der Waals surface area contributed by atoms with Gasteiger partial charge >= 0.3 is 0 Å². The minimum Gasteiger partial charge on any atom is -1.00 e. The van der Waals surface area contributed by atoms with E-state index in [1.807, 2.05) is 6.07 Å². The lowest BCUT2D eigenvalue weighted by atomic mass is 10.4. The van der Waals surface area contributed by atoms with Crippen molar-refractivity contribution in [2.75, 3.05) is 0 Å². The number of pyridine rings is 1. The van der Waals surface area contributed by atoms with Crippen LogP contribution >= 0.6 is 0 Å². The molecule has 0 atom stereocenters. The molecule has 2 heteroatoms. The van der Waals surface area contributed by atoms with E-state index in [1.54, 1.807) is 0 Å². The van der Waals surface area contributed by atoms with E-state index in [2.05, 4.69) is 36.0 Å². The van der Waals surface area contributed by atoms with Crippen molar-refractivity contribution in [3.8, 4) is 0 Å². The average Bonchev–Trinajstić information content (AvgIpc) is 1.91. The molecule has 0 bridgehead atoms. The summed E-state index contributed by atoms with van der Waals surface area (Å²) in [6, 6.07) is 6.14. The number of halogens is 1. The minimum atomic E-state index is 0. The molecule has 1 nitrogen and oxygen atoms in total. The highest BCUT2D eigenvalue weighted by Crippen LogP contribution is 1.78. The van der Waals surface area contributed by atoms with Crippen LogP contribution in [0.2, 0.25) is 0 Å². The van der Waals surface area contributed by atoms with Crippen LogP contribution in [-0.4, -0.2) is 0 Å². The molecule has 0 radical (unpaired) electrons. The van der Waals surface area contributed by atoms with Gasteiger partial charge in [-0.1, -0.05) is 13.0 Å². The predicted octanol–water partition coefficient (Wildman–Crippen LogP) is -1.61. The molecular weight excluding hydrogens is 237 g/mol. The van der Waals surface area contributed by atoms with Gasteiger partial charge in [0.15, 0.2) is 12.4 Å². The summed E-state index contributed by atoms with van der Waals surface area (Å²) in [5, 5.41) is 0. The van der Waals surface area contributed by atoms with Crippen molar-refractivity contribution in [1.82, 2.24) is 0 Å². The molecule has 0 aliphatic rings. The van der Waals surface area contributed by atoms with Crippen molar-refractivity contribution in [2.45, 2.75) is 19.9 Å². The van der Waals surface area contributed by atoms with Gasteiger partial charge in [-0.15, -0.1) is 0 Å². The molecule has 10 heavy (non-hydrogen) atoms. The zero-order valence-corrected chi connectivity index (χ0v) is 8.28. The van der Waals surface area contributed by atoms with Crippen LogP contribution in [0.5, 0.6) is 0 Å². The second kappa shape index (κ2) is 5.65. The van der Waals surface area contributed by atoms with Gasteiger partial charge in [0.25, 0.3) is 0 Å². The molecule has 0 saturated carbocycles. The molecule has 0 spiro atoms. The van der Waals surface area contributed by atoms with E-state index in [9.17, 15) is 0 Å². The van der Waals surface area contributed by atoms with Gasteiger partial charge in [0, 0.05) is 18.6 Å². The van der Waals surface area contributed by atoms with E-state index in [4.69, 9.17) is 0 Å². The molecule has 0 aliphatic carbocycles. The van der Waals surface area contributed by atoms with Crippen LogP contribution in [0.4, 0.5) is 0 Å². The van der Waals surface area contributed by atoms with Crippen LogP contribution in [0.3, 0.4) is 0 Å². The van der Waals surface area contributed by atoms with Crippen molar-refractivity contribution in [2.24, 2.45) is 0 Å². The number of rotatable bonds is 2. The maximum absolute atomic E-state index is 2.18. The number of aromatic nitrogens is 1. The van der Waals surface area contributed by atoms with Crippen molar-refractivity contribution >= 4 is 0 Å². The first-order valence-corrected chi connectivity index (χ1v) is 3.37. The summed E-state index contributed by atoms with van der Waals surface area (Å²) in [6.07, 6.45) is 5.38. The Morgan fingerprint density at radius 1 is 1.10 bits per heavy atom. The summed E-state index contributed by atoms with van der Waals surface area (Å²) in [5.41, 5.74) is 0. The standard InChI is InChI=1S/C8H12N.HI/c1-2-6-9-7-4-3-5-8-9;/h3-5,7-8H,2,6H2,1H3;1H/q+1;/p-1. The smallest absolute Gasteiger partial charge is 0.168 e. The number of nitrogens with zero attached hydrogens (tertiary/aromatic N) is 1. The SMILES string of the molecule is CCC[n+]1ccccc1.[I-]. The van der Waals surface area contributed by atoms with Crippen LogP contribution in [0.25, 0.3) is 0 Å². The molecular formula is C8H12IN. The van der Waals surface area contributed by atoms with E-state index in [-0.39, 0.29) is 24.0 Å². The third-order valence-corrected chi connectivity index (χ3v) is 1.26. The molecule has 1 aromatic rings. The van der Waals surface area contributed by atoms with Gasteiger partial charge in [-0.3, -0.25) is 0 Å². The van der Waals surface area contributed by atoms with Crippen LogP contribution in [0.15, 0.2) is 30.6 Å². The molecule has 0 aromatic carbocycles. The Hall–Kier alpha value is -0.120. The van der Waals surface area contributed by atoms with Crippen LogP contribution in [0, 0.1) is 0 Å². The maximum Gasteiger partial charge on any atom is 0.168 e. The summed E-state index contributed by atoms with van der Waals surface area (Å²) < 4.78 is 2.18. The topological polar surface area (TPSA) is 3.88 Å². The predicted molar refractivity (Wildman–Crippen MR) is 36.9 cm³/mol. The number of aryl methyl sites for hydroxylation is 1. The number of hydrogen-bond acceptors (Lipinski definition) is 0. The Bertz CT molecular complexity index is 162. The van der Waals surface area contributed by atoms with Crippen molar-refractivity contribution in [3.63, 3.8) is 0 Å². The van der Waals surface area contributed by atoms with Crippen molar-refractivity contribution in [3.05, 3.63) is 30.6 Å². The highest BCUT2D eigenvalue weighted by molar-refractivity contribution is 4.83. The summed E-state index contributed by atoms with van der Waals surface area (Å²) in [6.45, 7) is 3.31. The molecule has 0 aliphatic heterocycles. The lowest BCUT2D eigenvalue weighted by Gasteiger charge is -1.88. The van der Waals surface area contributed by atoms with E-state index >= 15 is 0 Å². The van der Waals surface area contributed by atoms with E-state index in [0.29, 0.717) is 0 Å². The Kier molecular flexibility index (Phi) is 5.58. The minimum absolute atomic E-state index is 0. The summed E-state index contributed by atoms with van der Waals surface area (Å²) in [4.78, 5) is 0. The lowest BCUT2D eigenvalue weighted by Crippen LogP contribution is -3.00. The van der Waals surface area contributed by atoms with Gasteiger partial charge in [-0.05, 0) is 0 Å². The molecule has 0 amide bonds. The molecule has 1 rings (SSSR count). The molecule has 0 unspecified atom stereocenters. The largest absolute Gasteiger partial charge is 1.00 e. The third kappa shape index (κ3) is 3.15. The zero-order chi connectivity index (χ0) is 6.53. The third-order valence-electron chi connectivity index (χ3n) is 1.26. The molecule has 0 saturated heterocycles. The van der Waals surface area contributed by atoms with Gasteiger partial charge in [0.2, 0.25) is 0 Å². The van der Waals surface area contributed by atoms with E-state index in [1.165, 1.54) is 6.42 Å². The molecule has 0 N–H and O–H groups in total. The maximum atomic E-state index is 2.18. The Morgan fingerprint density at radius 3 is 2.20 bits per heavy atom. The Morgan fingerprint density at radius 2 is 1.70 bits per heavy atom. The highest BCUT2D eigenvalue weighted by Gasteiger charge is 1.90. The lowest BCUT2D eigenvalue weighted by molar-refractivity contribution is -0.697. The monoisotopic (exact) mass is 249 g/mol. The first-order chi connectivity index (χ1) is 4.43. The zero-order valence-electron chi connectivity index (χ0n) is 6.13. The average molecular weight is 249 g/mol. The second-order valence-corrected chi connectivity index (χ2v) is 2.11. The summed E-state index contributed by atoms with van der Waals surface area (Å²) >= 11 is 0. The number of hydrogen-bond donors (Lipinski definition) is 0. The molecule has 1 heterocycles. The fourth-order valence-electron chi connectivity index (χ4n) is 0.842. The Balaban J connectivity index is 0.000000810. The molecule has 56 valence electrons. The molecule has 1 aromatic heterocycles. The normalized spacial score (nSPS) is 8.50. The van der Waals surface area contributed by atoms with Crippen molar-refractivity contribution < 1.29 is 28.5 Å². The van der Waals surface area contributed by atoms with Crippen LogP contribution in [0.1, 0.15) is 13.3 Å². The van der Waals surface area contributed by atoms with E-state index < -0.39 is 0 Å². The fourth-order valence-corrected chi connectivity index (χ4v) is 0.842. The second-order valence-electron chi connectivity index (χ2n) is 2.11. The quantitative estimate of drug-likeness (QED) is 0.438. The van der Waals surface area contributed by atoms with Gasteiger partial charge in [0.1, 0.15) is 6.54 Å². The first kappa shape index (κ1) is 9.88.